The maximum Gasteiger partial charge on any atom is 0.280 e. The predicted molar refractivity (Wildman–Crippen MR) is 94.4 cm³/mol. The number of carbonyl (C=O) groups excluding carboxylic acids is 1. The van der Waals surface area contributed by atoms with Crippen LogP contribution in [0.2, 0.25) is 0 Å². The Balaban J connectivity index is 1.55. The summed E-state index contributed by atoms with van der Waals surface area (Å²) in [6.07, 6.45) is 0.268. The lowest BCUT2D eigenvalue weighted by atomic mass is 9.91. The van der Waals surface area contributed by atoms with E-state index < -0.39 is 35.2 Å². The Kier molecular flexibility index (Phi) is 3.55. The number of hydrogen-bond donors (Lipinski definition) is 4. The van der Waals surface area contributed by atoms with Crippen LogP contribution in [0.15, 0.2) is 11.1 Å². The molecule has 2 aliphatic heterocycles. The lowest BCUT2D eigenvalue weighted by Gasteiger charge is -2.36. The number of aromatic amines is 1. The Bertz CT molecular complexity index is 1030. The molecule has 0 aromatic carbocycles. The van der Waals surface area contributed by atoms with E-state index in [-0.39, 0.29) is 35.5 Å². The number of anilines is 1. The van der Waals surface area contributed by atoms with Gasteiger partial charge in [-0.1, -0.05) is 13.8 Å². The molecule has 0 radical (unpaired) electrons. The first-order valence-corrected chi connectivity index (χ1v) is 9.24. The zero-order valence-corrected chi connectivity index (χ0v) is 15.4. The Morgan fingerprint density at radius 2 is 2.21 bits per heavy atom. The summed E-state index contributed by atoms with van der Waals surface area (Å²) >= 11 is 0. The number of fused-ring (bicyclic) bond motifs is 4. The summed E-state index contributed by atoms with van der Waals surface area (Å²) in [4.78, 5) is 35.2. The van der Waals surface area contributed by atoms with Gasteiger partial charge in [0, 0.05) is 5.92 Å². The summed E-state index contributed by atoms with van der Waals surface area (Å²) in [5, 5.41) is 23.2. The molecule has 4 heterocycles. The van der Waals surface area contributed by atoms with Gasteiger partial charge in [0.15, 0.2) is 23.0 Å². The molecule has 2 aromatic rings. The monoisotopic (exact) mass is 391 g/mol. The van der Waals surface area contributed by atoms with Gasteiger partial charge in [0.1, 0.15) is 17.8 Å². The summed E-state index contributed by atoms with van der Waals surface area (Å²) in [5.41, 5.74) is -2.10. The Morgan fingerprint density at radius 3 is 2.86 bits per heavy atom. The molecule has 1 amide bonds. The molecule has 11 nitrogen and oxygen atoms in total. The number of hydrogen-bond acceptors (Lipinski definition) is 8. The van der Waals surface area contributed by atoms with Crippen molar-refractivity contribution < 1.29 is 24.5 Å². The van der Waals surface area contributed by atoms with Gasteiger partial charge < -0.3 is 19.7 Å². The molecular formula is C17H21N5O6. The zero-order chi connectivity index (χ0) is 19.8. The third-order valence-corrected chi connectivity index (χ3v) is 5.95. The van der Waals surface area contributed by atoms with E-state index in [4.69, 9.17) is 9.47 Å². The maximum atomic E-state index is 12.4. The first kappa shape index (κ1) is 17.7. The lowest BCUT2D eigenvalue weighted by Crippen LogP contribution is -2.52. The van der Waals surface area contributed by atoms with Crippen LogP contribution in [0.25, 0.3) is 11.2 Å². The first-order valence-electron chi connectivity index (χ1n) is 9.24. The van der Waals surface area contributed by atoms with Crippen LogP contribution in [0, 0.1) is 5.92 Å². The van der Waals surface area contributed by atoms with Crippen molar-refractivity contribution in [3.05, 3.63) is 16.7 Å². The standard InChI is InChI=1S/C17H21N5O6/c1-7(2)12(25)20-15-19-11-8(13(26)21-15)18-6-22(11)14-9-10(24)17(5-23,28-14)16(27-9)3-4-16/h6-7,9-10,14,23-24H,3-5H2,1-2H3,(H2,19,20,21,25,26)/t9-,10?,14+,17+/m0/s1. The fourth-order valence-electron chi connectivity index (χ4n) is 4.21. The molecule has 3 aliphatic rings. The molecule has 2 saturated heterocycles. The molecule has 4 atom stereocenters. The molecular weight excluding hydrogens is 370 g/mol. The number of nitrogens with one attached hydrogen (secondary N) is 2. The van der Waals surface area contributed by atoms with Crippen LogP contribution in [0.3, 0.4) is 0 Å². The van der Waals surface area contributed by atoms with Gasteiger partial charge in [0.25, 0.3) is 5.56 Å². The average Bonchev–Trinajstić information content (AvgIpc) is 3.12. The smallest absolute Gasteiger partial charge is 0.280 e. The fraction of sp³-hybridized carbons (Fsp3) is 0.647. The van der Waals surface area contributed by atoms with Crippen LogP contribution in [0.4, 0.5) is 5.95 Å². The van der Waals surface area contributed by atoms with Crippen LogP contribution in [0.5, 0.6) is 0 Å². The third-order valence-electron chi connectivity index (χ3n) is 5.95. The van der Waals surface area contributed by atoms with E-state index in [0.29, 0.717) is 12.8 Å². The molecule has 1 unspecified atom stereocenters. The first-order chi connectivity index (χ1) is 13.3. The van der Waals surface area contributed by atoms with Crippen molar-refractivity contribution >= 4 is 23.0 Å². The van der Waals surface area contributed by atoms with Crippen LogP contribution in [-0.4, -0.2) is 65.7 Å². The molecule has 1 spiro atoms. The quantitative estimate of drug-likeness (QED) is 0.532. The van der Waals surface area contributed by atoms with Gasteiger partial charge in [0.05, 0.1) is 12.9 Å². The van der Waals surface area contributed by atoms with Crippen LogP contribution >= 0.6 is 0 Å². The van der Waals surface area contributed by atoms with E-state index in [0.717, 1.165) is 0 Å². The van der Waals surface area contributed by atoms with Crippen molar-refractivity contribution in [2.75, 3.05) is 11.9 Å². The summed E-state index contributed by atoms with van der Waals surface area (Å²) < 4.78 is 13.6. The van der Waals surface area contributed by atoms with Gasteiger partial charge >= 0.3 is 0 Å². The number of H-pyrrole nitrogens is 1. The summed E-state index contributed by atoms with van der Waals surface area (Å²) in [7, 11) is 0. The summed E-state index contributed by atoms with van der Waals surface area (Å²) in [6, 6.07) is 0. The van der Waals surface area contributed by atoms with Gasteiger partial charge in [-0.2, -0.15) is 4.98 Å². The molecule has 1 aliphatic carbocycles. The molecule has 28 heavy (non-hydrogen) atoms. The van der Waals surface area contributed by atoms with Crippen molar-refractivity contribution in [2.45, 2.75) is 56.3 Å². The Labute approximate surface area is 158 Å². The van der Waals surface area contributed by atoms with Gasteiger partial charge in [0.2, 0.25) is 11.9 Å². The van der Waals surface area contributed by atoms with Crippen LogP contribution in [-0.2, 0) is 14.3 Å². The zero-order valence-electron chi connectivity index (χ0n) is 15.4. The van der Waals surface area contributed by atoms with Crippen molar-refractivity contribution in [2.24, 2.45) is 5.92 Å². The van der Waals surface area contributed by atoms with E-state index in [9.17, 15) is 19.8 Å². The predicted octanol–water partition coefficient (Wildman–Crippen LogP) is -0.734. The molecule has 3 fully saturated rings. The van der Waals surface area contributed by atoms with Crippen molar-refractivity contribution in [1.82, 2.24) is 19.5 Å². The van der Waals surface area contributed by atoms with Crippen molar-refractivity contribution in [3.63, 3.8) is 0 Å². The maximum absolute atomic E-state index is 12.4. The van der Waals surface area contributed by atoms with E-state index >= 15 is 0 Å². The number of carbonyl (C=O) groups is 1. The number of amides is 1. The minimum absolute atomic E-state index is 0.00175. The number of imidazole rings is 1. The average molecular weight is 391 g/mol. The second kappa shape index (κ2) is 5.60. The van der Waals surface area contributed by atoms with Gasteiger partial charge in [-0.15, -0.1) is 0 Å². The van der Waals surface area contributed by atoms with Gasteiger partial charge in [-0.25, -0.2) is 4.98 Å². The van der Waals surface area contributed by atoms with Gasteiger partial charge in [-0.05, 0) is 12.8 Å². The molecule has 150 valence electrons. The lowest BCUT2D eigenvalue weighted by molar-refractivity contribution is -0.233. The van der Waals surface area contributed by atoms with Crippen LogP contribution < -0.4 is 10.9 Å². The van der Waals surface area contributed by atoms with Crippen LogP contribution in [0.1, 0.15) is 32.9 Å². The molecule has 1 saturated carbocycles. The van der Waals surface area contributed by atoms with E-state index in [1.807, 2.05) is 0 Å². The Hall–Kier alpha value is -2.34. The minimum Gasteiger partial charge on any atom is -0.393 e. The van der Waals surface area contributed by atoms with Gasteiger partial charge in [-0.3, -0.25) is 24.5 Å². The normalized spacial score (nSPS) is 32.5. The molecule has 2 aromatic heterocycles. The second-order valence-corrected chi connectivity index (χ2v) is 7.96. The van der Waals surface area contributed by atoms with Crippen molar-refractivity contribution in [1.29, 1.82) is 0 Å². The highest BCUT2D eigenvalue weighted by Gasteiger charge is 2.78. The number of rotatable bonds is 4. The highest BCUT2D eigenvalue weighted by Crippen LogP contribution is 2.64. The highest BCUT2D eigenvalue weighted by molar-refractivity contribution is 5.91. The Morgan fingerprint density at radius 1 is 1.46 bits per heavy atom. The number of nitrogens with zero attached hydrogens (tertiary/aromatic N) is 3. The van der Waals surface area contributed by atoms with Crippen molar-refractivity contribution in [3.8, 4) is 0 Å². The van der Waals surface area contributed by atoms with E-state index in [2.05, 4.69) is 20.3 Å². The molecule has 2 bridgehead atoms. The minimum atomic E-state index is -1.20. The highest BCUT2D eigenvalue weighted by atomic mass is 16.7. The SMILES string of the molecule is CC(C)C(=O)Nc1nc2c(ncn2[C@@H]2O[C@]3(CO)C(O)[C@@H]2OC32CC2)c(=O)[nH]1. The number of aliphatic hydroxyl groups excluding tert-OH is 2. The summed E-state index contributed by atoms with van der Waals surface area (Å²) in [6.45, 7) is 3.07. The molecule has 11 heteroatoms. The number of ether oxygens (including phenoxy) is 2. The topological polar surface area (TPSA) is 152 Å². The second-order valence-electron chi connectivity index (χ2n) is 7.96. The largest absolute Gasteiger partial charge is 0.393 e. The molecule has 4 N–H and O–H groups in total. The van der Waals surface area contributed by atoms with E-state index in [1.165, 1.54) is 10.9 Å². The summed E-state index contributed by atoms with van der Waals surface area (Å²) in [5.74, 6) is -0.584. The van der Waals surface area contributed by atoms with E-state index in [1.54, 1.807) is 13.8 Å². The fourth-order valence-corrected chi connectivity index (χ4v) is 4.21. The molecule has 5 rings (SSSR count). The third kappa shape index (κ3) is 2.12. The number of aromatic nitrogens is 4. The number of aliphatic hydroxyl groups is 2.